The molecule has 1 aromatic rings. The highest BCUT2D eigenvalue weighted by atomic mass is 16.5. The largest absolute Gasteiger partial charge is 0.484 e. The molecule has 0 atom stereocenters. The van der Waals surface area contributed by atoms with Crippen LogP contribution in [0, 0.1) is 19.8 Å². The van der Waals surface area contributed by atoms with Gasteiger partial charge in [0.05, 0.1) is 0 Å². The SMILES string of the molecule is Cc1ccc(OCC(=O)N2CCC(C(=O)N(C)C)CC2)cc1C. The summed E-state index contributed by atoms with van der Waals surface area (Å²) in [5, 5.41) is 0. The van der Waals surface area contributed by atoms with Crippen LogP contribution in [-0.2, 0) is 9.59 Å². The maximum Gasteiger partial charge on any atom is 0.260 e. The molecule has 23 heavy (non-hydrogen) atoms. The Bertz CT molecular complexity index is 576. The molecule has 0 aromatic heterocycles. The van der Waals surface area contributed by atoms with E-state index in [1.165, 1.54) is 5.56 Å². The van der Waals surface area contributed by atoms with Gasteiger partial charge in [-0.2, -0.15) is 0 Å². The number of hydrogen-bond donors (Lipinski definition) is 0. The molecule has 1 aliphatic rings. The Labute approximate surface area is 138 Å². The quantitative estimate of drug-likeness (QED) is 0.853. The van der Waals surface area contributed by atoms with E-state index in [4.69, 9.17) is 4.74 Å². The summed E-state index contributed by atoms with van der Waals surface area (Å²) in [5.41, 5.74) is 2.36. The third kappa shape index (κ3) is 4.47. The van der Waals surface area contributed by atoms with E-state index in [0.717, 1.165) is 24.2 Å². The second-order valence-electron chi connectivity index (χ2n) is 6.42. The molecule has 1 fully saturated rings. The van der Waals surface area contributed by atoms with Gasteiger partial charge in [-0.3, -0.25) is 9.59 Å². The average molecular weight is 318 g/mol. The van der Waals surface area contributed by atoms with Crippen LogP contribution in [0.4, 0.5) is 0 Å². The molecule has 126 valence electrons. The molecule has 0 saturated carbocycles. The zero-order valence-electron chi connectivity index (χ0n) is 14.5. The van der Waals surface area contributed by atoms with Gasteiger partial charge in [0.2, 0.25) is 5.91 Å². The summed E-state index contributed by atoms with van der Waals surface area (Å²) in [5.74, 6) is 0.899. The van der Waals surface area contributed by atoms with Crippen LogP contribution in [0.2, 0.25) is 0 Å². The fourth-order valence-electron chi connectivity index (χ4n) is 2.78. The highest BCUT2D eigenvalue weighted by molar-refractivity contribution is 5.80. The van der Waals surface area contributed by atoms with E-state index in [9.17, 15) is 9.59 Å². The normalized spacial score (nSPS) is 15.4. The predicted molar refractivity (Wildman–Crippen MR) is 89.4 cm³/mol. The minimum absolute atomic E-state index is 0.0148. The van der Waals surface area contributed by atoms with Gasteiger partial charge in [0, 0.05) is 33.1 Å². The van der Waals surface area contributed by atoms with Gasteiger partial charge in [0.1, 0.15) is 5.75 Å². The van der Waals surface area contributed by atoms with Crippen LogP contribution in [0.15, 0.2) is 18.2 Å². The van der Waals surface area contributed by atoms with E-state index in [-0.39, 0.29) is 24.3 Å². The summed E-state index contributed by atoms with van der Waals surface area (Å²) in [7, 11) is 3.55. The molecule has 5 nitrogen and oxygen atoms in total. The highest BCUT2D eigenvalue weighted by Crippen LogP contribution is 2.20. The molecule has 0 unspecified atom stereocenters. The van der Waals surface area contributed by atoms with Crippen LogP contribution in [0.5, 0.6) is 5.75 Å². The van der Waals surface area contributed by atoms with Crippen molar-refractivity contribution in [2.75, 3.05) is 33.8 Å². The Kier molecular flexibility index (Phi) is 5.64. The molecule has 0 N–H and O–H groups in total. The second-order valence-corrected chi connectivity index (χ2v) is 6.42. The Hall–Kier alpha value is -2.04. The Morgan fingerprint density at radius 2 is 1.83 bits per heavy atom. The fourth-order valence-corrected chi connectivity index (χ4v) is 2.78. The molecule has 2 amide bonds. The summed E-state index contributed by atoms with van der Waals surface area (Å²) in [6, 6.07) is 5.83. The van der Waals surface area contributed by atoms with Crippen molar-refractivity contribution < 1.29 is 14.3 Å². The second kappa shape index (κ2) is 7.49. The topological polar surface area (TPSA) is 49.9 Å². The first-order chi connectivity index (χ1) is 10.9. The number of carbonyl (C=O) groups excluding carboxylic acids is 2. The maximum atomic E-state index is 12.2. The molecule has 0 bridgehead atoms. The van der Waals surface area contributed by atoms with Crippen molar-refractivity contribution in [1.29, 1.82) is 0 Å². The number of benzene rings is 1. The van der Waals surface area contributed by atoms with Gasteiger partial charge in [0.15, 0.2) is 6.61 Å². The van der Waals surface area contributed by atoms with Crippen LogP contribution in [0.1, 0.15) is 24.0 Å². The van der Waals surface area contributed by atoms with Crippen molar-refractivity contribution in [2.24, 2.45) is 5.92 Å². The zero-order chi connectivity index (χ0) is 17.0. The fraction of sp³-hybridized carbons (Fsp3) is 0.556. The molecule has 1 aromatic carbocycles. The lowest BCUT2D eigenvalue weighted by atomic mass is 9.95. The van der Waals surface area contributed by atoms with Crippen LogP contribution in [-0.4, -0.2) is 55.4 Å². The molecular formula is C18H26N2O3. The Morgan fingerprint density at radius 3 is 2.39 bits per heavy atom. The lowest BCUT2D eigenvalue weighted by Gasteiger charge is -2.32. The van der Waals surface area contributed by atoms with Crippen molar-refractivity contribution in [3.05, 3.63) is 29.3 Å². The first-order valence-electron chi connectivity index (χ1n) is 8.07. The molecule has 5 heteroatoms. The number of ether oxygens (including phenoxy) is 1. The van der Waals surface area contributed by atoms with Crippen LogP contribution < -0.4 is 4.74 Å². The van der Waals surface area contributed by atoms with Crippen LogP contribution in [0.3, 0.4) is 0 Å². The third-order valence-electron chi connectivity index (χ3n) is 4.48. The van der Waals surface area contributed by atoms with Gasteiger partial charge >= 0.3 is 0 Å². The summed E-state index contributed by atoms with van der Waals surface area (Å²) in [6.45, 7) is 5.37. The van der Waals surface area contributed by atoms with E-state index in [1.807, 2.05) is 32.0 Å². The van der Waals surface area contributed by atoms with E-state index in [2.05, 4.69) is 0 Å². The van der Waals surface area contributed by atoms with Crippen LogP contribution >= 0.6 is 0 Å². The van der Waals surface area contributed by atoms with Gasteiger partial charge in [-0.1, -0.05) is 6.07 Å². The minimum atomic E-state index is -0.0148. The van der Waals surface area contributed by atoms with Gasteiger partial charge in [-0.15, -0.1) is 0 Å². The molecule has 1 aliphatic heterocycles. The summed E-state index contributed by atoms with van der Waals surface area (Å²) in [4.78, 5) is 27.6. The lowest BCUT2D eigenvalue weighted by molar-refractivity contribution is -0.140. The number of nitrogens with zero attached hydrogens (tertiary/aromatic N) is 2. The lowest BCUT2D eigenvalue weighted by Crippen LogP contribution is -2.44. The number of hydrogen-bond acceptors (Lipinski definition) is 3. The van der Waals surface area contributed by atoms with E-state index in [0.29, 0.717) is 13.1 Å². The van der Waals surface area contributed by atoms with Crippen molar-refractivity contribution in [3.8, 4) is 5.75 Å². The Morgan fingerprint density at radius 1 is 1.17 bits per heavy atom. The van der Waals surface area contributed by atoms with Crippen molar-refractivity contribution >= 4 is 11.8 Å². The summed E-state index contributed by atoms with van der Waals surface area (Å²) < 4.78 is 5.60. The van der Waals surface area contributed by atoms with Crippen LogP contribution in [0.25, 0.3) is 0 Å². The first kappa shape index (κ1) is 17.3. The van der Waals surface area contributed by atoms with Crippen molar-refractivity contribution in [2.45, 2.75) is 26.7 Å². The number of amides is 2. The van der Waals surface area contributed by atoms with Crippen molar-refractivity contribution in [1.82, 2.24) is 9.80 Å². The average Bonchev–Trinajstić information content (AvgIpc) is 2.55. The zero-order valence-corrected chi connectivity index (χ0v) is 14.5. The third-order valence-corrected chi connectivity index (χ3v) is 4.48. The smallest absolute Gasteiger partial charge is 0.260 e. The first-order valence-corrected chi connectivity index (χ1v) is 8.07. The molecule has 0 spiro atoms. The maximum absolute atomic E-state index is 12.2. The number of likely N-dealkylation sites (tertiary alicyclic amines) is 1. The summed E-state index contributed by atoms with van der Waals surface area (Å²) in [6.07, 6.45) is 1.46. The van der Waals surface area contributed by atoms with Gasteiger partial charge < -0.3 is 14.5 Å². The molecule has 0 radical (unpaired) electrons. The van der Waals surface area contributed by atoms with E-state index >= 15 is 0 Å². The molecular weight excluding hydrogens is 292 g/mol. The van der Waals surface area contributed by atoms with Gasteiger partial charge in [-0.05, 0) is 49.9 Å². The van der Waals surface area contributed by atoms with E-state index in [1.54, 1.807) is 23.9 Å². The highest BCUT2D eigenvalue weighted by Gasteiger charge is 2.28. The number of piperidine rings is 1. The minimum Gasteiger partial charge on any atom is -0.484 e. The van der Waals surface area contributed by atoms with E-state index < -0.39 is 0 Å². The number of aryl methyl sites for hydroxylation is 2. The summed E-state index contributed by atoms with van der Waals surface area (Å²) >= 11 is 0. The predicted octanol–water partition coefficient (Wildman–Crippen LogP) is 2.01. The Balaban J connectivity index is 1.81. The molecule has 1 heterocycles. The molecule has 0 aliphatic carbocycles. The van der Waals surface area contributed by atoms with Gasteiger partial charge in [0.25, 0.3) is 5.91 Å². The molecule has 2 rings (SSSR count). The molecule has 1 saturated heterocycles. The van der Waals surface area contributed by atoms with Gasteiger partial charge in [-0.25, -0.2) is 0 Å². The monoisotopic (exact) mass is 318 g/mol. The van der Waals surface area contributed by atoms with Crippen molar-refractivity contribution in [3.63, 3.8) is 0 Å². The number of rotatable bonds is 4. The number of carbonyl (C=O) groups is 2. The standard InChI is InChI=1S/C18H26N2O3/c1-13-5-6-16(11-14(13)2)23-12-17(21)20-9-7-15(8-10-20)18(22)19(3)4/h5-6,11,15H,7-10,12H2,1-4H3.